The number of piperidine rings is 1. The fourth-order valence-electron chi connectivity index (χ4n) is 3.49. The van der Waals surface area contributed by atoms with E-state index < -0.39 is 0 Å². The maximum absolute atomic E-state index is 12.7. The van der Waals surface area contributed by atoms with Gasteiger partial charge in [0.1, 0.15) is 0 Å². The molecule has 1 saturated heterocycles. The van der Waals surface area contributed by atoms with Crippen LogP contribution in [0.25, 0.3) is 0 Å². The Morgan fingerprint density at radius 2 is 1.95 bits per heavy atom. The molecule has 3 nitrogen and oxygen atoms in total. The highest BCUT2D eigenvalue weighted by molar-refractivity contribution is 7.99. The van der Waals surface area contributed by atoms with Crippen LogP contribution in [0.5, 0.6) is 0 Å². The first-order chi connectivity index (χ1) is 9.13. The normalized spacial score (nSPS) is 32.9. The highest BCUT2D eigenvalue weighted by Gasteiger charge is 2.37. The van der Waals surface area contributed by atoms with Crippen molar-refractivity contribution < 1.29 is 4.79 Å². The number of nitrogens with one attached hydrogen (secondary N) is 1. The molecular weight excluding hydrogens is 256 g/mol. The van der Waals surface area contributed by atoms with Crippen LogP contribution in [0.1, 0.15) is 52.4 Å². The van der Waals surface area contributed by atoms with Crippen LogP contribution < -0.4 is 5.32 Å². The van der Waals surface area contributed by atoms with Crippen LogP contribution in [-0.2, 0) is 4.79 Å². The van der Waals surface area contributed by atoms with Crippen LogP contribution in [-0.4, -0.2) is 47.0 Å². The molecule has 0 aromatic heterocycles. The van der Waals surface area contributed by atoms with Crippen LogP contribution >= 0.6 is 11.8 Å². The molecule has 110 valence electrons. The van der Waals surface area contributed by atoms with E-state index in [0.717, 1.165) is 19.4 Å². The quantitative estimate of drug-likeness (QED) is 0.861. The molecular formula is C15H28N2OS. The Hall–Kier alpha value is -0.220. The van der Waals surface area contributed by atoms with E-state index in [9.17, 15) is 4.79 Å². The lowest BCUT2D eigenvalue weighted by atomic mass is 9.91. The van der Waals surface area contributed by atoms with E-state index in [4.69, 9.17) is 0 Å². The van der Waals surface area contributed by atoms with Gasteiger partial charge in [0.25, 0.3) is 0 Å². The zero-order valence-electron chi connectivity index (χ0n) is 12.5. The number of hydrogen-bond donors (Lipinski definition) is 1. The Kier molecular flexibility index (Phi) is 5.58. The van der Waals surface area contributed by atoms with E-state index in [1.165, 1.54) is 25.7 Å². The predicted octanol–water partition coefficient (Wildman–Crippen LogP) is 2.65. The summed E-state index contributed by atoms with van der Waals surface area (Å²) in [6.07, 6.45) is 9.44. The fraction of sp³-hybridized carbons (Fsp3) is 0.933. The van der Waals surface area contributed by atoms with Crippen molar-refractivity contribution in [3.05, 3.63) is 0 Å². The molecule has 1 aliphatic heterocycles. The highest BCUT2D eigenvalue weighted by atomic mass is 32.2. The Morgan fingerprint density at radius 1 is 1.21 bits per heavy atom. The van der Waals surface area contributed by atoms with Gasteiger partial charge in [0.2, 0.25) is 5.91 Å². The van der Waals surface area contributed by atoms with Crippen LogP contribution in [0.4, 0.5) is 0 Å². The first-order valence-electron chi connectivity index (χ1n) is 7.72. The summed E-state index contributed by atoms with van der Waals surface area (Å²) in [4.78, 5) is 14.9. The van der Waals surface area contributed by atoms with Crippen molar-refractivity contribution in [3.8, 4) is 0 Å². The summed E-state index contributed by atoms with van der Waals surface area (Å²) in [7, 11) is 0. The molecule has 0 bridgehead atoms. The summed E-state index contributed by atoms with van der Waals surface area (Å²) >= 11 is 1.95. The number of carbonyl (C=O) groups is 1. The first-order valence-corrected chi connectivity index (χ1v) is 9.01. The van der Waals surface area contributed by atoms with Crippen LogP contribution in [0, 0.1) is 0 Å². The summed E-state index contributed by atoms with van der Waals surface area (Å²) < 4.78 is 0. The van der Waals surface area contributed by atoms with Crippen molar-refractivity contribution in [3.63, 3.8) is 0 Å². The lowest BCUT2D eigenvalue weighted by molar-refractivity contribution is -0.139. The molecule has 0 aromatic rings. The number of hydrogen-bond acceptors (Lipinski definition) is 3. The van der Waals surface area contributed by atoms with Gasteiger partial charge < -0.3 is 10.2 Å². The Bertz CT molecular complexity index is 309. The van der Waals surface area contributed by atoms with Gasteiger partial charge in [-0.1, -0.05) is 26.7 Å². The molecule has 1 amide bonds. The first kappa shape index (κ1) is 15.2. The van der Waals surface area contributed by atoms with Gasteiger partial charge in [0, 0.05) is 23.9 Å². The van der Waals surface area contributed by atoms with E-state index in [2.05, 4.69) is 30.3 Å². The van der Waals surface area contributed by atoms with Gasteiger partial charge in [-0.3, -0.25) is 4.79 Å². The predicted molar refractivity (Wildman–Crippen MR) is 82.6 cm³/mol. The van der Waals surface area contributed by atoms with E-state index in [1.54, 1.807) is 0 Å². The van der Waals surface area contributed by atoms with Gasteiger partial charge in [-0.15, -0.1) is 0 Å². The van der Waals surface area contributed by atoms with Crippen molar-refractivity contribution >= 4 is 17.7 Å². The summed E-state index contributed by atoms with van der Waals surface area (Å²) in [5, 5.41) is 4.08. The van der Waals surface area contributed by atoms with Crippen molar-refractivity contribution in [1.29, 1.82) is 0 Å². The summed E-state index contributed by atoms with van der Waals surface area (Å²) in [5.41, 5.74) is 0. The molecule has 1 N–H and O–H groups in total. The maximum Gasteiger partial charge on any atom is 0.240 e. The molecule has 1 saturated carbocycles. The number of amides is 1. The van der Waals surface area contributed by atoms with Gasteiger partial charge in [0.15, 0.2) is 0 Å². The van der Waals surface area contributed by atoms with Crippen molar-refractivity contribution in [2.45, 2.75) is 75.7 Å². The third kappa shape index (κ3) is 3.66. The molecule has 1 heterocycles. The molecule has 3 unspecified atom stereocenters. The summed E-state index contributed by atoms with van der Waals surface area (Å²) in [6, 6.07) is 0.919. The van der Waals surface area contributed by atoms with Crippen molar-refractivity contribution in [1.82, 2.24) is 10.2 Å². The molecule has 2 aliphatic rings. The monoisotopic (exact) mass is 284 g/mol. The number of thioether (sulfide) groups is 1. The highest BCUT2D eigenvalue weighted by Crippen LogP contribution is 2.32. The minimum Gasteiger partial charge on any atom is -0.337 e. The number of rotatable bonds is 4. The molecule has 0 aromatic carbocycles. The van der Waals surface area contributed by atoms with Gasteiger partial charge in [-0.25, -0.2) is 0 Å². The average molecular weight is 284 g/mol. The molecule has 0 radical (unpaired) electrons. The molecule has 0 spiro atoms. The lowest BCUT2D eigenvalue weighted by Crippen LogP contribution is -2.57. The summed E-state index contributed by atoms with van der Waals surface area (Å²) in [6.45, 7) is 5.21. The number of nitrogens with zero attached hydrogens (tertiary/aromatic N) is 1. The largest absolute Gasteiger partial charge is 0.337 e. The standard InChI is InChI=1S/C15H28N2OS/c1-11(2)16-12-7-6-10-17(15(12)18)13-8-4-5-9-14(13)19-3/h11-14,16H,4-10H2,1-3H3. The molecule has 1 aliphatic carbocycles. The minimum absolute atomic E-state index is 0.0539. The Labute approximate surface area is 121 Å². The summed E-state index contributed by atoms with van der Waals surface area (Å²) in [5.74, 6) is 0.353. The smallest absolute Gasteiger partial charge is 0.240 e. The third-order valence-electron chi connectivity index (χ3n) is 4.38. The van der Waals surface area contributed by atoms with Crippen molar-refractivity contribution in [2.75, 3.05) is 12.8 Å². The molecule has 4 heteroatoms. The third-order valence-corrected chi connectivity index (χ3v) is 5.53. The van der Waals surface area contributed by atoms with Gasteiger partial charge in [-0.05, 0) is 31.9 Å². The lowest BCUT2D eigenvalue weighted by Gasteiger charge is -2.43. The SMILES string of the molecule is CSC1CCCCC1N1CCCC(NC(C)C)C1=O. The van der Waals surface area contributed by atoms with E-state index in [0.29, 0.717) is 23.2 Å². The van der Waals surface area contributed by atoms with Crippen molar-refractivity contribution in [2.24, 2.45) is 0 Å². The second-order valence-corrected chi connectivity index (χ2v) is 7.25. The molecule has 3 atom stereocenters. The average Bonchev–Trinajstić information content (AvgIpc) is 2.41. The molecule has 19 heavy (non-hydrogen) atoms. The Morgan fingerprint density at radius 3 is 2.63 bits per heavy atom. The minimum atomic E-state index is 0.0539. The second-order valence-electron chi connectivity index (χ2n) is 6.17. The van der Waals surface area contributed by atoms with Crippen LogP contribution in [0.2, 0.25) is 0 Å². The van der Waals surface area contributed by atoms with Gasteiger partial charge in [-0.2, -0.15) is 11.8 Å². The van der Waals surface area contributed by atoms with Gasteiger partial charge >= 0.3 is 0 Å². The molecule has 2 fully saturated rings. The fourth-order valence-corrected chi connectivity index (χ4v) is 4.49. The van der Waals surface area contributed by atoms with Crippen LogP contribution in [0.3, 0.4) is 0 Å². The van der Waals surface area contributed by atoms with Crippen LogP contribution in [0.15, 0.2) is 0 Å². The zero-order valence-corrected chi connectivity index (χ0v) is 13.3. The van der Waals surface area contributed by atoms with E-state index >= 15 is 0 Å². The van der Waals surface area contributed by atoms with Gasteiger partial charge in [0.05, 0.1) is 6.04 Å². The maximum atomic E-state index is 12.7. The number of carbonyl (C=O) groups excluding carboxylic acids is 1. The van der Waals surface area contributed by atoms with E-state index in [1.807, 2.05) is 11.8 Å². The molecule has 2 rings (SSSR count). The Balaban J connectivity index is 2.03. The second kappa shape index (κ2) is 6.98. The zero-order chi connectivity index (χ0) is 13.8. The number of likely N-dealkylation sites (tertiary alicyclic amines) is 1. The topological polar surface area (TPSA) is 32.3 Å². The van der Waals surface area contributed by atoms with E-state index in [-0.39, 0.29) is 6.04 Å².